The number of ether oxygens (including phenoxy) is 3. The van der Waals surface area contributed by atoms with Crippen LogP contribution >= 0.6 is 11.3 Å². The first-order valence-corrected chi connectivity index (χ1v) is 10.1. The van der Waals surface area contributed by atoms with Gasteiger partial charge in [0.15, 0.2) is 11.5 Å². The van der Waals surface area contributed by atoms with Crippen molar-refractivity contribution in [1.29, 1.82) is 0 Å². The smallest absolute Gasteiger partial charge is 0.256 e. The number of amides is 1. The molecule has 0 bridgehead atoms. The first-order chi connectivity index (χ1) is 13.6. The number of likely N-dealkylation sites (N-methyl/N-ethyl adjacent to an activating group) is 1. The Labute approximate surface area is 168 Å². The first kappa shape index (κ1) is 18.9. The van der Waals surface area contributed by atoms with E-state index in [4.69, 9.17) is 14.2 Å². The van der Waals surface area contributed by atoms with Crippen molar-refractivity contribution < 1.29 is 19.0 Å². The zero-order chi connectivity index (χ0) is 19.8. The summed E-state index contributed by atoms with van der Waals surface area (Å²) in [4.78, 5) is 16.6. The fraction of sp³-hybridized carbons (Fsp3) is 0.450. The lowest BCUT2D eigenvalue weighted by atomic mass is 10.00. The molecule has 28 heavy (non-hydrogen) atoms. The van der Waals surface area contributed by atoms with E-state index in [2.05, 4.69) is 22.5 Å². The Morgan fingerprint density at radius 3 is 2.46 bits per heavy atom. The van der Waals surface area contributed by atoms with Crippen LogP contribution in [0.25, 0.3) is 0 Å². The van der Waals surface area contributed by atoms with Crippen molar-refractivity contribution in [3.8, 4) is 17.2 Å². The van der Waals surface area contributed by atoms with Crippen molar-refractivity contribution in [1.82, 2.24) is 10.2 Å². The van der Waals surface area contributed by atoms with Gasteiger partial charge < -0.3 is 24.8 Å². The number of fused-ring (bicyclic) bond motifs is 3. The molecule has 0 aliphatic carbocycles. The summed E-state index contributed by atoms with van der Waals surface area (Å²) in [6.07, 6.45) is 0.551. The van der Waals surface area contributed by atoms with Crippen LogP contribution < -0.4 is 24.8 Å². The maximum atomic E-state index is 12.9. The van der Waals surface area contributed by atoms with Crippen molar-refractivity contribution in [2.24, 2.45) is 0 Å². The van der Waals surface area contributed by atoms with Crippen molar-refractivity contribution in [2.75, 3.05) is 39.7 Å². The molecule has 8 heteroatoms. The Hall–Kier alpha value is -2.45. The minimum Gasteiger partial charge on any atom is -0.493 e. The topological polar surface area (TPSA) is 72.1 Å². The molecule has 0 saturated heterocycles. The molecule has 1 amide bonds. The number of carbonyl (C=O) groups is 1. The number of rotatable bonds is 5. The lowest BCUT2D eigenvalue weighted by Crippen LogP contribution is -2.38. The first-order valence-electron chi connectivity index (χ1n) is 9.33. The summed E-state index contributed by atoms with van der Waals surface area (Å²) in [6, 6.07) is 3.72. The molecule has 1 unspecified atom stereocenters. The number of hydrogen-bond donors (Lipinski definition) is 2. The quantitative estimate of drug-likeness (QED) is 0.800. The van der Waals surface area contributed by atoms with E-state index in [1.807, 2.05) is 12.1 Å². The summed E-state index contributed by atoms with van der Waals surface area (Å²) >= 11 is 1.69. The van der Waals surface area contributed by atoms with Gasteiger partial charge in [0.2, 0.25) is 5.75 Å². The van der Waals surface area contributed by atoms with E-state index in [1.165, 1.54) is 10.4 Å². The molecule has 0 spiro atoms. The van der Waals surface area contributed by atoms with Crippen molar-refractivity contribution in [2.45, 2.75) is 26.1 Å². The van der Waals surface area contributed by atoms with Gasteiger partial charge in [0.1, 0.15) is 11.2 Å². The molecule has 0 saturated carbocycles. The molecule has 3 heterocycles. The zero-order valence-corrected chi connectivity index (χ0v) is 17.4. The van der Waals surface area contributed by atoms with Gasteiger partial charge in [0.05, 0.1) is 26.9 Å². The second-order valence-electron chi connectivity index (χ2n) is 6.84. The van der Waals surface area contributed by atoms with Gasteiger partial charge in [-0.2, -0.15) is 0 Å². The van der Waals surface area contributed by atoms with Gasteiger partial charge in [0, 0.05) is 23.5 Å². The lowest BCUT2D eigenvalue weighted by Gasteiger charge is -2.28. The number of benzene rings is 1. The van der Waals surface area contributed by atoms with Crippen LogP contribution in [-0.2, 0) is 13.0 Å². The molecule has 0 fully saturated rings. The molecule has 0 radical (unpaired) electrons. The second kappa shape index (κ2) is 7.52. The van der Waals surface area contributed by atoms with E-state index in [1.54, 1.807) is 32.7 Å². The predicted molar refractivity (Wildman–Crippen MR) is 109 cm³/mol. The fourth-order valence-corrected chi connectivity index (χ4v) is 5.19. The van der Waals surface area contributed by atoms with Gasteiger partial charge >= 0.3 is 0 Å². The van der Waals surface area contributed by atoms with Gasteiger partial charge in [0.25, 0.3) is 5.91 Å². The number of hydrogen-bond acceptors (Lipinski definition) is 7. The highest BCUT2D eigenvalue weighted by atomic mass is 32.1. The summed E-state index contributed by atoms with van der Waals surface area (Å²) in [5.41, 5.74) is 2.84. The fourth-order valence-electron chi connectivity index (χ4n) is 3.87. The minimum atomic E-state index is -0.365. The molecule has 4 rings (SSSR count). The van der Waals surface area contributed by atoms with E-state index in [-0.39, 0.29) is 12.1 Å². The van der Waals surface area contributed by atoms with E-state index in [9.17, 15) is 4.79 Å². The highest BCUT2D eigenvalue weighted by Crippen LogP contribution is 2.43. The summed E-state index contributed by atoms with van der Waals surface area (Å²) in [7, 11) is 4.74. The standard InChI is InChI=1S/C20H25N3O4S/c1-5-23-7-6-12-15(10-23)28-20-16(12)19(24)21-18(22-20)11-8-13(25-2)17(27-4)14(9-11)26-3/h8-9,18,22H,5-7,10H2,1-4H3,(H,21,24). The Morgan fingerprint density at radius 1 is 1.14 bits per heavy atom. The van der Waals surface area contributed by atoms with Crippen LogP contribution in [-0.4, -0.2) is 45.2 Å². The molecule has 1 aromatic heterocycles. The number of thiophene rings is 1. The van der Waals surface area contributed by atoms with Crippen LogP contribution in [0.15, 0.2) is 12.1 Å². The van der Waals surface area contributed by atoms with Gasteiger partial charge in [-0.3, -0.25) is 9.69 Å². The number of nitrogens with one attached hydrogen (secondary N) is 2. The average molecular weight is 404 g/mol. The van der Waals surface area contributed by atoms with E-state index >= 15 is 0 Å². The zero-order valence-electron chi connectivity index (χ0n) is 16.5. The Bertz CT molecular complexity index is 886. The third kappa shape index (κ3) is 3.06. The molecule has 150 valence electrons. The van der Waals surface area contributed by atoms with Crippen molar-refractivity contribution >= 4 is 22.2 Å². The molecule has 1 aromatic carbocycles. The largest absolute Gasteiger partial charge is 0.493 e. The van der Waals surface area contributed by atoms with Gasteiger partial charge in [-0.15, -0.1) is 11.3 Å². The van der Waals surface area contributed by atoms with Crippen LogP contribution in [0.4, 0.5) is 5.00 Å². The minimum absolute atomic E-state index is 0.0325. The van der Waals surface area contributed by atoms with Crippen molar-refractivity contribution in [3.63, 3.8) is 0 Å². The normalized spacial score (nSPS) is 18.6. The maximum absolute atomic E-state index is 12.9. The highest BCUT2D eigenvalue weighted by molar-refractivity contribution is 7.16. The van der Waals surface area contributed by atoms with E-state index in [0.717, 1.165) is 42.2 Å². The number of carbonyl (C=O) groups excluding carboxylic acids is 1. The highest BCUT2D eigenvalue weighted by Gasteiger charge is 2.33. The Balaban J connectivity index is 1.69. The second-order valence-corrected chi connectivity index (χ2v) is 7.94. The van der Waals surface area contributed by atoms with E-state index < -0.39 is 0 Å². The van der Waals surface area contributed by atoms with Gasteiger partial charge in [-0.25, -0.2) is 0 Å². The van der Waals surface area contributed by atoms with Crippen LogP contribution in [0.3, 0.4) is 0 Å². The molecule has 2 aliphatic rings. The number of methoxy groups -OCH3 is 3. The summed E-state index contributed by atoms with van der Waals surface area (Å²) in [5, 5.41) is 7.51. The maximum Gasteiger partial charge on any atom is 0.256 e. The molecule has 7 nitrogen and oxygen atoms in total. The Kier molecular flexibility index (Phi) is 5.07. The molecule has 2 aromatic rings. The SMILES string of the molecule is CCN1CCc2c(sc3c2C(=O)NC(c2cc(OC)c(OC)c(OC)c2)N3)C1. The van der Waals surface area contributed by atoms with Crippen LogP contribution in [0.2, 0.25) is 0 Å². The van der Waals surface area contributed by atoms with Crippen LogP contribution in [0, 0.1) is 0 Å². The molecular weight excluding hydrogens is 378 g/mol. The summed E-state index contributed by atoms with van der Waals surface area (Å²) < 4.78 is 16.3. The van der Waals surface area contributed by atoms with E-state index in [0.29, 0.717) is 17.2 Å². The molecular formula is C20H25N3O4S. The average Bonchev–Trinajstić information content (AvgIpc) is 3.10. The lowest BCUT2D eigenvalue weighted by molar-refractivity contribution is 0.0934. The van der Waals surface area contributed by atoms with Gasteiger partial charge in [-0.1, -0.05) is 6.92 Å². The van der Waals surface area contributed by atoms with Crippen molar-refractivity contribution in [3.05, 3.63) is 33.7 Å². The summed E-state index contributed by atoms with van der Waals surface area (Å²) in [6.45, 7) is 5.10. The summed E-state index contributed by atoms with van der Waals surface area (Å²) in [5.74, 6) is 1.61. The molecule has 2 aliphatic heterocycles. The third-order valence-corrected chi connectivity index (χ3v) is 6.53. The third-order valence-electron chi connectivity index (χ3n) is 5.38. The predicted octanol–water partition coefficient (Wildman–Crippen LogP) is 3.01. The molecule has 2 N–H and O–H groups in total. The number of anilines is 1. The van der Waals surface area contributed by atoms with Crippen LogP contribution in [0.5, 0.6) is 17.2 Å². The Morgan fingerprint density at radius 2 is 1.86 bits per heavy atom. The van der Waals surface area contributed by atoms with Gasteiger partial charge in [-0.05, 0) is 30.7 Å². The number of nitrogens with zero attached hydrogens (tertiary/aromatic N) is 1. The monoisotopic (exact) mass is 403 g/mol. The molecule has 1 atom stereocenters. The van der Waals surface area contributed by atoms with Crippen LogP contribution in [0.1, 0.15) is 39.5 Å².